The Morgan fingerprint density at radius 2 is 1.68 bits per heavy atom. The van der Waals surface area contributed by atoms with Crippen LogP contribution in [0.4, 0.5) is 0 Å². The van der Waals surface area contributed by atoms with Gasteiger partial charge in [-0.05, 0) is 37.0 Å². The van der Waals surface area contributed by atoms with Gasteiger partial charge in [0.25, 0.3) is 0 Å². The summed E-state index contributed by atoms with van der Waals surface area (Å²) in [6.07, 6.45) is 3.90. The van der Waals surface area contributed by atoms with Crippen molar-refractivity contribution < 1.29 is 9.59 Å². The molecule has 2 amide bonds. The van der Waals surface area contributed by atoms with Gasteiger partial charge in [0.15, 0.2) is 0 Å². The van der Waals surface area contributed by atoms with Crippen LogP contribution in [0.25, 0.3) is 0 Å². The van der Waals surface area contributed by atoms with Gasteiger partial charge in [0.2, 0.25) is 11.8 Å². The highest BCUT2D eigenvalue weighted by molar-refractivity contribution is 5.84. The predicted molar refractivity (Wildman–Crippen MR) is 104 cm³/mol. The van der Waals surface area contributed by atoms with Gasteiger partial charge in [-0.3, -0.25) is 9.59 Å². The number of hydrogen-bond donors (Lipinski definition) is 1. The minimum Gasteiger partial charge on any atom is -0.353 e. The van der Waals surface area contributed by atoms with Crippen molar-refractivity contribution in [3.63, 3.8) is 0 Å². The maximum absolute atomic E-state index is 12.9. The average molecular weight is 353 g/mol. The van der Waals surface area contributed by atoms with E-state index >= 15 is 0 Å². The Hall–Kier alpha value is -1.06. The van der Waals surface area contributed by atoms with Crippen LogP contribution in [-0.2, 0) is 9.59 Å². The Kier molecular flexibility index (Phi) is 7.52. The zero-order chi connectivity index (χ0) is 19.4. The van der Waals surface area contributed by atoms with Crippen molar-refractivity contribution >= 4 is 11.8 Å². The molecular formula is C21H40N2O2. The quantitative estimate of drug-likeness (QED) is 0.804. The van der Waals surface area contributed by atoms with Crippen molar-refractivity contribution in [2.75, 3.05) is 13.1 Å². The van der Waals surface area contributed by atoms with E-state index in [-0.39, 0.29) is 34.6 Å². The zero-order valence-corrected chi connectivity index (χ0v) is 17.7. The van der Waals surface area contributed by atoms with Crippen LogP contribution in [0.3, 0.4) is 0 Å². The number of carbonyl (C=O) groups excluding carboxylic acids is 2. The van der Waals surface area contributed by atoms with Gasteiger partial charge in [0, 0.05) is 24.5 Å². The summed E-state index contributed by atoms with van der Waals surface area (Å²) in [4.78, 5) is 27.3. The molecule has 1 N–H and O–H groups in total. The SMILES string of the molecule is CC(C)CCC(NC(=O)C1CCCN(C(=O)C(C)(C)C)C1)C(C)(C)C. The molecule has 4 heteroatoms. The zero-order valence-electron chi connectivity index (χ0n) is 17.7. The second-order valence-electron chi connectivity index (χ2n) is 10.2. The number of hydrogen-bond acceptors (Lipinski definition) is 2. The molecule has 0 saturated carbocycles. The van der Waals surface area contributed by atoms with Crippen molar-refractivity contribution in [3.8, 4) is 0 Å². The molecular weight excluding hydrogens is 312 g/mol. The molecule has 2 atom stereocenters. The monoisotopic (exact) mass is 352 g/mol. The molecule has 1 saturated heterocycles. The maximum Gasteiger partial charge on any atom is 0.227 e. The second-order valence-corrected chi connectivity index (χ2v) is 10.2. The van der Waals surface area contributed by atoms with Crippen LogP contribution in [0.15, 0.2) is 0 Å². The molecule has 1 rings (SSSR count). The van der Waals surface area contributed by atoms with Gasteiger partial charge in [-0.25, -0.2) is 0 Å². The van der Waals surface area contributed by atoms with Crippen molar-refractivity contribution in [1.82, 2.24) is 10.2 Å². The lowest BCUT2D eigenvalue weighted by molar-refractivity contribution is -0.143. The highest BCUT2D eigenvalue weighted by Gasteiger charge is 2.35. The van der Waals surface area contributed by atoms with Crippen LogP contribution in [0.2, 0.25) is 0 Å². The number of likely N-dealkylation sites (tertiary alicyclic amines) is 1. The van der Waals surface area contributed by atoms with E-state index in [1.54, 1.807) is 0 Å². The third-order valence-corrected chi connectivity index (χ3v) is 5.12. The largest absolute Gasteiger partial charge is 0.353 e. The van der Waals surface area contributed by atoms with E-state index in [0.717, 1.165) is 32.2 Å². The normalized spacial score (nSPS) is 20.5. The van der Waals surface area contributed by atoms with Gasteiger partial charge in [0.1, 0.15) is 0 Å². The van der Waals surface area contributed by atoms with Crippen LogP contribution in [0.5, 0.6) is 0 Å². The molecule has 2 unspecified atom stereocenters. The topological polar surface area (TPSA) is 49.4 Å². The summed E-state index contributed by atoms with van der Waals surface area (Å²) in [5.41, 5.74) is -0.344. The summed E-state index contributed by atoms with van der Waals surface area (Å²) in [6.45, 7) is 18.2. The minimum atomic E-state index is -0.385. The van der Waals surface area contributed by atoms with E-state index < -0.39 is 0 Å². The first-order valence-electron chi connectivity index (χ1n) is 9.92. The summed E-state index contributed by atoms with van der Waals surface area (Å²) >= 11 is 0. The molecule has 0 aliphatic carbocycles. The minimum absolute atomic E-state index is 0.0418. The third-order valence-electron chi connectivity index (χ3n) is 5.12. The van der Waals surface area contributed by atoms with E-state index in [1.165, 1.54) is 0 Å². The van der Waals surface area contributed by atoms with Crippen LogP contribution in [-0.4, -0.2) is 35.8 Å². The Morgan fingerprint density at radius 3 is 2.16 bits per heavy atom. The predicted octanol–water partition coefficient (Wildman–Crippen LogP) is 4.24. The first-order valence-corrected chi connectivity index (χ1v) is 9.92. The van der Waals surface area contributed by atoms with Gasteiger partial charge in [-0.1, -0.05) is 55.4 Å². The van der Waals surface area contributed by atoms with E-state index in [4.69, 9.17) is 0 Å². The molecule has 1 fully saturated rings. The molecule has 0 radical (unpaired) electrons. The van der Waals surface area contributed by atoms with Crippen LogP contribution in [0.1, 0.15) is 81.1 Å². The van der Waals surface area contributed by atoms with Crippen molar-refractivity contribution in [2.24, 2.45) is 22.7 Å². The lowest BCUT2D eigenvalue weighted by atomic mass is 9.82. The van der Waals surface area contributed by atoms with E-state index in [2.05, 4.69) is 39.9 Å². The molecule has 0 spiro atoms. The first kappa shape index (κ1) is 22.0. The van der Waals surface area contributed by atoms with Crippen molar-refractivity contribution in [3.05, 3.63) is 0 Å². The van der Waals surface area contributed by atoms with E-state index in [0.29, 0.717) is 12.5 Å². The van der Waals surface area contributed by atoms with Gasteiger partial charge in [-0.2, -0.15) is 0 Å². The fourth-order valence-electron chi connectivity index (χ4n) is 3.36. The molecule has 25 heavy (non-hydrogen) atoms. The van der Waals surface area contributed by atoms with Crippen LogP contribution in [0, 0.1) is 22.7 Å². The summed E-state index contributed by atoms with van der Waals surface area (Å²) in [5.74, 6) is 0.826. The first-order chi connectivity index (χ1) is 11.3. The molecule has 4 nitrogen and oxygen atoms in total. The number of nitrogens with one attached hydrogen (secondary N) is 1. The Bertz CT molecular complexity index is 457. The smallest absolute Gasteiger partial charge is 0.227 e. The molecule has 0 aromatic rings. The molecule has 0 aromatic carbocycles. The Balaban J connectivity index is 2.72. The second kappa shape index (κ2) is 8.55. The number of amides is 2. The lowest BCUT2D eigenvalue weighted by Gasteiger charge is -2.38. The Morgan fingerprint density at radius 1 is 1.08 bits per heavy atom. The van der Waals surface area contributed by atoms with Gasteiger partial charge < -0.3 is 10.2 Å². The summed E-state index contributed by atoms with van der Waals surface area (Å²) in [7, 11) is 0. The van der Waals surface area contributed by atoms with Gasteiger partial charge in [-0.15, -0.1) is 0 Å². The molecule has 1 aliphatic rings. The average Bonchev–Trinajstić information content (AvgIpc) is 2.48. The number of carbonyl (C=O) groups is 2. The van der Waals surface area contributed by atoms with Gasteiger partial charge in [0.05, 0.1) is 5.92 Å². The number of nitrogens with zero attached hydrogens (tertiary/aromatic N) is 1. The molecule has 1 aliphatic heterocycles. The molecule has 146 valence electrons. The molecule has 0 bridgehead atoms. The Labute approximate surface area is 155 Å². The summed E-state index contributed by atoms with van der Waals surface area (Å²) < 4.78 is 0. The van der Waals surface area contributed by atoms with Gasteiger partial charge >= 0.3 is 0 Å². The van der Waals surface area contributed by atoms with Crippen LogP contribution < -0.4 is 5.32 Å². The summed E-state index contributed by atoms with van der Waals surface area (Å²) in [5, 5.41) is 3.30. The van der Waals surface area contributed by atoms with Crippen LogP contribution >= 0.6 is 0 Å². The molecule has 1 heterocycles. The number of piperidine rings is 1. The maximum atomic E-state index is 12.9. The molecule has 0 aromatic heterocycles. The van der Waals surface area contributed by atoms with E-state index in [1.807, 2.05) is 25.7 Å². The third kappa shape index (κ3) is 6.99. The van der Waals surface area contributed by atoms with E-state index in [9.17, 15) is 9.59 Å². The fraction of sp³-hybridized carbons (Fsp3) is 0.905. The lowest BCUT2D eigenvalue weighted by Crippen LogP contribution is -2.52. The number of rotatable bonds is 5. The highest BCUT2D eigenvalue weighted by atomic mass is 16.2. The van der Waals surface area contributed by atoms with Crippen molar-refractivity contribution in [2.45, 2.75) is 87.1 Å². The fourth-order valence-corrected chi connectivity index (χ4v) is 3.36. The van der Waals surface area contributed by atoms with Crippen molar-refractivity contribution in [1.29, 1.82) is 0 Å². The standard InChI is InChI=1S/C21H40N2O2/c1-15(2)11-12-17(20(3,4)5)22-18(24)16-10-9-13-23(14-16)19(25)21(6,7)8/h15-17H,9-14H2,1-8H3,(H,22,24). The summed E-state index contributed by atoms with van der Waals surface area (Å²) in [6, 6.07) is 0.177. The highest BCUT2D eigenvalue weighted by Crippen LogP contribution is 2.27.